The van der Waals surface area contributed by atoms with Gasteiger partial charge in [0, 0.05) is 37.8 Å². The SMILES string of the molecule is O=C(c1ccc(Cc2ccc3c(c2)CCN(C2CCC2)CC3)cc1)N1CCCCC1. The number of carbonyl (C=O) groups excluding carboxylic acids is 1. The number of fused-ring (bicyclic) bond motifs is 1. The second-order valence-corrected chi connectivity index (χ2v) is 9.45. The van der Waals surface area contributed by atoms with Crippen LogP contribution in [0.3, 0.4) is 0 Å². The third-order valence-corrected chi connectivity index (χ3v) is 7.45. The summed E-state index contributed by atoms with van der Waals surface area (Å²) >= 11 is 0. The van der Waals surface area contributed by atoms with Crippen LogP contribution < -0.4 is 0 Å². The zero-order valence-electron chi connectivity index (χ0n) is 18.1. The normalized spacial score (nSPS) is 20.3. The smallest absolute Gasteiger partial charge is 0.253 e. The van der Waals surface area contributed by atoms with Gasteiger partial charge in [-0.15, -0.1) is 0 Å². The summed E-state index contributed by atoms with van der Waals surface area (Å²) in [6, 6.07) is 16.3. The minimum atomic E-state index is 0.197. The predicted octanol–water partition coefficient (Wildman–Crippen LogP) is 4.86. The molecule has 2 aromatic rings. The molecular weight excluding hydrogens is 368 g/mol. The van der Waals surface area contributed by atoms with Crippen LogP contribution in [0.15, 0.2) is 42.5 Å². The zero-order chi connectivity index (χ0) is 20.3. The van der Waals surface area contributed by atoms with E-state index in [-0.39, 0.29) is 5.91 Å². The van der Waals surface area contributed by atoms with Crippen molar-refractivity contribution in [2.75, 3.05) is 26.2 Å². The molecule has 0 spiro atoms. The van der Waals surface area contributed by atoms with Crippen molar-refractivity contribution >= 4 is 5.91 Å². The highest BCUT2D eigenvalue weighted by Crippen LogP contribution is 2.28. The van der Waals surface area contributed by atoms with E-state index in [9.17, 15) is 4.79 Å². The van der Waals surface area contributed by atoms with Crippen molar-refractivity contribution in [3.8, 4) is 0 Å². The van der Waals surface area contributed by atoms with Crippen molar-refractivity contribution in [1.82, 2.24) is 9.80 Å². The highest BCUT2D eigenvalue weighted by molar-refractivity contribution is 5.94. The summed E-state index contributed by atoms with van der Waals surface area (Å²) in [6.07, 6.45) is 11.1. The average Bonchev–Trinajstić information content (AvgIpc) is 2.96. The number of amides is 1. The fourth-order valence-corrected chi connectivity index (χ4v) is 5.30. The van der Waals surface area contributed by atoms with Crippen LogP contribution in [0.1, 0.15) is 71.1 Å². The van der Waals surface area contributed by atoms with Crippen LogP contribution in [-0.4, -0.2) is 47.9 Å². The molecule has 0 unspecified atom stereocenters. The van der Waals surface area contributed by atoms with Crippen molar-refractivity contribution in [3.05, 3.63) is 70.3 Å². The molecule has 30 heavy (non-hydrogen) atoms. The first kappa shape index (κ1) is 19.8. The van der Waals surface area contributed by atoms with Gasteiger partial charge in [0.25, 0.3) is 5.91 Å². The molecule has 3 aliphatic rings. The summed E-state index contributed by atoms with van der Waals surface area (Å²) in [5, 5.41) is 0. The Balaban J connectivity index is 1.23. The Kier molecular flexibility index (Phi) is 5.90. The fourth-order valence-electron chi connectivity index (χ4n) is 5.30. The van der Waals surface area contributed by atoms with Gasteiger partial charge in [0.1, 0.15) is 0 Å². The molecule has 0 N–H and O–H groups in total. The lowest BCUT2D eigenvalue weighted by atomic mass is 9.91. The lowest BCUT2D eigenvalue weighted by Gasteiger charge is -2.36. The number of rotatable bonds is 4. The molecule has 2 aliphatic heterocycles. The number of hydrogen-bond donors (Lipinski definition) is 0. The molecule has 1 saturated heterocycles. The third kappa shape index (κ3) is 4.32. The molecule has 3 nitrogen and oxygen atoms in total. The number of hydrogen-bond acceptors (Lipinski definition) is 2. The monoisotopic (exact) mass is 402 g/mol. The van der Waals surface area contributed by atoms with E-state index in [0.29, 0.717) is 0 Å². The largest absolute Gasteiger partial charge is 0.339 e. The number of nitrogens with zero attached hydrogens (tertiary/aromatic N) is 2. The van der Waals surface area contributed by atoms with Crippen LogP contribution >= 0.6 is 0 Å². The van der Waals surface area contributed by atoms with Crippen molar-refractivity contribution in [3.63, 3.8) is 0 Å². The fraction of sp³-hybridized carbons (Fsp3) is 0.519. The Morgan fingerprint density at radius 1 is 0.767 bits per heavy atom. The Bertz CT molecular complexity index is 878. The molecule has 1 aliphatic carbocycles. The van der Waals surface area contributed by atoms with Gasteiger partial charge < -0.3 is 4.90 Å². The zero-order valence-corrected chi connectivity index (χ0v) is 18.1. The van der Waals surface area contributed by atoms with Gasteiger partial charge in [-0.05, 0) is 85.8 Å². The lowest BCUT2D eigenvalue weighted by molar-refractivity contribution is 0.0724. The first-order valence-electron chi connectivity index (χ1n) is 12.0. The first-order valence-corrected chi connectivity index (χ1v) is 12.0. The number of likely N-dealkylation sites (tertiary alicyclic amines) is 1. The van der Waals surface area contributed by atoms with Gasteiger partial charge in [-0.25, -0.2) is 0 Å². The lowest BCUT2D eigenvalue weighted by Crippen LogP contribution is -2.41. The van der Waals surface area contributed by atoms with Gasteiger partial charge in [-0.2, -0.15) is 0 Å². The minimum absolute atomic E-state index is 0.197. The highest BCUT2D eigenvalue weighted by atomic mass is 16.2. The van der Waals surface area contributed by atoms with E-state index in [4.69, 9.17) is 0 Å². The Hall–Kier alpha value is -2.13. The number of piperidine rings is 1. The molecule has 5 rings (SSSR count). The van der Waals surface area contributed by atoms with E-state index in [1.54, 1.807) is 11.1 Å². The van der Waals surface area contributed by atoms with E-state index in [1.807, 2.05) is 17.0 Å². The van der Waals surface area contributed by atoms with Crippen molar-refractivity contribution in [2.24, 2.45) is 0 Å². The van der Waals surface area contributed by atoms with Gasteiger partial charge in [-0.1, -0.05) is 36.8 Å². The van der Waals surface area contributed by atoms with E-state index in [2.05, 4.69) is 35.2 Å². The Morgan fingerprint density at radius 2 is 1.47 bits per heavy atom. The van der Waals surface area contributed by atoms with Gasteiger partial charge >= 0.3 is 0 Å². The maximum atomic E-state index is 12.7. The molecule has 2 fully saturated rings. The van der Waals surface area contributed by atoms with Crippen LogP contribution in [0.4, 0.5) is 0 Å². The minimum Gasteiger partial charge on any atom is -0.339 e. The van der Waals surface area contributed by atoms with Crippen LogP contribution in [0.5, 0.6) is 0 Å². The molecule has 1 amide bonds. The number of benzene rings is 2. The topological polar surface area (TPSA) is 23.6 Å². The highest BCUT2D eigenvalue weighted by Gasteiger charge is 2.26. The summed E-state index contributed by atoms with van der Waals surface area (Å²) < 4.78 is 0. The van der Waals surface area contributed by atoms with E-state index in [0.717, 1.165) is 44.0 Å². The molecule has 2 aromatic carbocycles. The molecule has 0 atom stereocenters. The van der Waals surface area contributed by atoms with Crippen molar-refractivity contribution in [2.45, 2.75) is 63.8 Å². The molecule has 0 radical (unpaired) electrons. The summed E-state index contributed by atoms with van der Waals surface area (Å²) in [7, 11) is 0. The summed E-state index contributed by atoms with van der Waals surface area (Å²) in [4.78, 5) is 17.4. The van der Waals surface area contributed by atoms with Crippen molar-refractivity contribution < 1.29 is 4.79 Å². The standard InChI is InChI=1S/C27H34N2O/c30-27(29-15-2-1-3-16-29)24-11-7-21(8-12-24)19-22-9-10-23-13-17-28(26-5-4-6-26)18-14-25(23)20-22/h7-12,20,26H,1-6,13-19H2. The molecule has 1 saturated carbocycles. The number of carbonyl (C=O) groups is 1. The summed E-state index contributed by atoms with van der Waals surface area (Å²) in [6.45, 7) is 4.26. The molecule has 0 bridgehead atoms. The van der Waals surface area contributed by atoms with Gasteiger partial charge in [0.15, 0.2) is 0 Å². The van der Waals surface area contributed by atoms with Gasteiger partial charge in [-0.3, -0.25) is 9.69 Å². The molecular formula is C27H34N2O. The van der Waals surface area contributed by atoms with E-state index in [1.165, 1.54) is 62.7 Å². The second-order valence-electron chi connectivity index (χ2n) is 9.45. The molecule has 0 aromatic heterocycles. The first-order chi connectivity index (χ1) is 14.8. The van der Waals surface area contributed by atoms with Crippen LogP contribution in [-0.2, 0) is 19.3 Å². The van der Waals surface area contributed by atoms with Crippen LogP contribution in [0, 0.1) is 0 Å². The van der Waals surface area contributed by atoms with Gasteiger partial charge in [0.2, 0.25) is 0 Å². The summed E-state index contributed by atoms with van der Waals surface area (Å²) in [5.41, 5.74) is 6.60. The molecule has 3 heteroatoms. The average molecular weight is 403 g/mol. The van der Waals surface area contributed by atoms with Crippen molar-refractivity contribution in [1.29, 1.82) is 0 Å². The van der Waals surface area contributed by atoms with E-state index >= 15 is 0 Å². The Morgan fingerprint density at radius 3 is 2.17 bits per heavy atom. The molecule has 158 valence electrons. The second kappa shape index (κ2) is 8.93. The van der Waals surface area contributed by atoms with Crippen LogP contribution in [0.25, 0.3) is 0 Å². The van der Waals surface area contributed by atoms with E-state index < -0.39 is 0 Å². The quantitative estimate of drug-likeness (QED) is 0.729. The maximum absolute atomic E-state index is 12.7. The Labute approximate surface area is 181 Å². The summed E-state index contributed by atoms with van der Waals surface area (Å²) in [5.74, 6) is 0.197. The predicted molar refractivity (Wildman–Crippen MR) is 122 cm³/mol. The van der Waals surface area contributed by atoms with Gasteiger partial charge in [0.05, 0.1) is 0 Å². The molecule has 2 heterocycles. The van der Waals surface area contributed by atoms with Crippen LogP contribution in [0.2, 0.25) is 0 Å². The maximum Gasteiger partial charge on any atom is 0.253 e. The third-order valence-electron chi connectivity index (χ3n) is 7.45.